The van der Waals surface area contributed by atoms with E-state index in [0.29, 0.717) is 5.92 Å². The molecule has 21 heavy (non-hydrogen) atoms. The lowest BCUT2D eigenvalue weighted by molar-refractivity contribution is 0.0496. The molecule has 1 fully saturated rings. The second-order valence-electron chi connectivity index (χ2n) is 5.83. The normalized spacial score (nSPS) is 22.9. The first-order valence-electron chi connectivity index (χ1n) is 7.63. The number of imidazole rings is 1. The molecular weight excluding hydrogens is 264 g/mol. The van der Waals surface area contributed by atoms with Crippen LogP contribution in [0.2, 0.25) is 0 Å². The molecule has 5 nitrogen and oxygen atoms in total. The van der Waals surface area contributed by atoms with Gasteiger partial charge in [-0.05, 0) is 31.5 Å². The quantitative estimate of drug-likeness (QED) is 0.933. The van der Waals surface area contributed by atoms with Crippen LogP contribution < -0.4 is 10.2 Å². The number of pyridine rings is 1. The van der Waals surface area contributed by atoms with Crippen LogP contribution in [0, 0.1) is 5.92 Å². The summed E-state index contributed by atoms with van der Waals surface area (Å²) < 4.78 is 7.81. The minimum Gasteiger partial charge on any atom is -0.379 e. The smallest absolute Gasteiger partial charge is 0.152 e. The van der Waals surface area contributed by atoms with Crippen molar-refractivity contribution in [2.75, 3.05) is 32.1 Å². The van der Waals surface area contributed by atoms with E-state index in [1.807, 2.05) is 26.3 Å². The number of piperidine rings is 1. The number of nitrogens with zero attached hydrogens (tertiary/aromatic N) is 3. The van der Waals surface area contributed by atoms with Crippen LogP contribution in [0.15, 0.2) is 24.4 Å². The zero-order chi connectivity index (χ0) is 14.8. The Balaban J connectivity index is 1.97. The van der Waals surface area contributed by atoms with Crippen molar-refractivity contribution >= 4 is 11.5 Å². The summed E-state index contributed by atoms with van der Waals surface area (Å²) in [5.74, 6) is 1.69. The molecule has 1 N–H and O–H groups in total. The van der Waals surface area contributed by atoms with Gasteiger partial charge in [0, 0.05) is 32.9 Å². The third-order valence-corrected chi connectivity index (χ3v) is 4.44. The van der Waals surface area contributed by atoms with Crippen molar-refractivity contribution in [2.24, 2.45) is 5.92 Å². The number of ether oxygens (including phenoxy) is 1. The Morgan fingerprint density at radius 3 is 3.05 bits per heavy atom. The van der Waals surface area contributed by atoms with Crippen LogP contribution in [0.5, 0.6) is 0 Å². The summed E-state index contributed by atoms with van der Waals surface area (Å²) in [5, 5.41) is 3.26. The Morgan fingerprint density at radius 1 is 1.43 bits per heavy atom. The molecular formula is C16H24N4O. The molecule has 1 saturated heterocycles. The van der Waals surface area contributed by atoms with E-state index in [0.717, 1.165) is 37.5 Å². The molecule has 0 aliphatic carbocycles. The van der Waals surface area contributed by atoms with E-state index < -0.39 is 0 Å². The second-order valence-corrected chi connectivity index (χ2v) is 5.83. The molecule has 1 aliphatic heterocycles. The number of hydrogen-bond acceptors (Lipinski definition) is 4. The van der Waals surface area contributed by atoms with Crippen molar-refractivity contribution in [3.63, 3.8) is 0 Å². The van der Waals surface area contributed by atoms with Gasteiger partial charge in [-0.25, -0.2) is 4.98 Å². The van der Waals surface area contributed by atoms with Gasteiger partial charge in [0.25, 0.3) is 0 Å². The Hall–Kier alpha value is -1.59. The number of hydrogen-bond donors (Lipinski definition) is 1. The molecule has 0 aromatic carbocycles. The van der Waals surface area contributed by atoms with Crippen molar-refractivity contribution in [1.29, 1.82) is 0 Å². The van der Waals surface area contributed by atoms with Crippen LogP contribution in [0.1, 0.15) is 19.0 Å². The standard InChI is InChI=1S/C16H24N4O/c1-12-7-9-19(11-14(12)21-3)16-13(10-17-2)20-8-5-4-6-15(20)18-16/h4-6,8,12,14,17H,7,9-11H2,1-3H3. The number of methoxy groups -OCH3 is 1. The SMILES string of the molecule is CNCc1c(N2CCC(C)C(OC)C2)nc2ccccn12. The van der Waals surface area contributed by atoms with Gasteiger partial charge in [-0.2, -0.15) is 0 Å². The van der Waals surface area contributed by atoms with E-state index in [9.17, 15) is 0 Å². The summed E-state index contributed by atoms with van der Waals surface area (Å²) in [6, 6.07) is 6.14. The van der Waals surface area contributed by atoms with E-state index in [1.54, 1.807) is 0 Å². The predicted molar refractivity (Wildman–Crippen MR) is 84.7 cm³/mol. The fourth-order valence-corrected chi connectivity index (χ4v) is 3.15. The first-order chi connectivity index (χ1) is 10.2. The summed E-state index contributed by atoms with van der Waals surface area (Å²) in [7, 11) is 3.78. The molecule has 2 atom stereocenters. The highest BCUT2D eigenvalue weighted by Gasteiger charge is 2.29. The van der Waals surface area contributed by atoms with E-state index >= 15 is 0 Å². The van der Waals surface area contributed by atoms with Crippen molar-refractivity contribution in [2.45, 2.75) is 26.0 Å². The van der Waals surface area contributed by atoms with Crippen molar-refractivity contribution in [3.05, 3.63) is 30.1 Å². The van der Waals surface area contributed by atoms with Gasteiger partial charge < -0.3 is 19.4 Å². The molecule has 1 aliphatic rings. The van der Waals surface area contributed by atoms with Gasteiger partial charge in [-0.15, -0.1) is 0 Å². The second kappa shape index (κ2) is 6.03. The predicted octanol–water partition coefficient (Wildman–Crippen LogP) is 1.91. The first-order valence-corrected chi connectivity index (χ1v) is 7.63. The van der Waals surface area contributed by atoms with Gasteiger partial charge in [0.05, 0.1) is 11.8 Å². The van der Waals surface area contributed by atoms with E-state index in [2.05, 4.69) is 33.8 Å². The highest BCUT2D eigenvalue weighted by Crippen LogP contribution is 2.27. The first kappa shape index (κ1) is 14.4. The van der Waals surface area contributed by atoms with Crippen molar-refractivity contribution in [3.8, 4) is 0 Å². The average Bonchev–Trinajstić information content (AvgIpc) is 2.87. The van der Waals surface area contributed by atoms with Gasteiger partial charge in [-0.3, -0.25) is 0 Å². The highest BCUT2D eigenvalue weighted by atomic mass is 16.5. The number of fused-ring (bicyclic) bond motifs is 1. The Bertz CT molecular complexity index is 609. The van der Waals surface area contributed by atoms with Gasteiger partial charge in [-0.1, -0.05) is 13.0 Å². The molecule has 2 aromatic heterocycles. The Morgan fingerprint density at radius 2 is 2.29 bits per heavy atom. The highest BCUT2D eigenvalue weighted by molar-refractivity contribution is 5.56. The summed E-state index contributed by atoms with van der Waals surface area (Å²) in [4.78, 5) is 7.21. The maximum atomic E-state index is 5.64. The number of aromatic nitrogens is 2. The maximum Gasteiger partial charge on any atom is 0.152 e. The van der Waals surface area contributed by atoms with Crippen LogP contribution in [0.3, 0.4) is 0 Å². The van der Waals surface area contributed by atoms with Gasteiger partial charge >= 0.3 is 0 Å². The lowest BCUT2D eigenvalue weighted by atomic mass is 9.96. The molecule has 114 valence electrons. The van der Waals surface area contributed by atoms with Crippen LogP contribution in [0.4, 0.5) is 5.82 Å². The molecule has 0 spiro atoms. The number of anilines is 1. The lowest BCUT2D eigenvalue weighted by Crippen LogP contribution is -2.44. The molecule has 5 heteroatoms. The monoisotopic (exact) mass is 288 g/mol. The number of nitrogens with one attached hydrogen (secondary N) is 1. The minimum absolute atomic E-state index is 0.283. The Kier molecular flexibility index (Phi) is 4.12. The Labute approximate surface area is 125 Å². The zero-order valence-corrected chi connectivity index (χ0v) is 13.0. The fourth-order valence-electron chi connectivity index (χ4n) is 3.15. The molecule has 3 rings (SSSR count). The molecule has 2 unspecified atom stereocenters. The topological polar surface area (TPSA) is 41.8 Å². The summed E-state index contributed by atoms with van der Waals surface area (Å²) >= 11 is 0. The summed E-state index contributed by atoms with van der Waals surface area (Å²) in [5.41, 5.74) is 2.22. The minimum atomic E-state index is 0.283. The number of rotatable bonds is 4. The summed E-state index contributed by atoms with van der Waals surface area (Å²) in [6.07, 6.45) is 3.51. The molecule has 2 aromatic rings. The van der Waals surface area contributed by atoms with Crippen LogP contribution in [-0.4, -0.2) is 42.7 Å². The van der Waals surface area contributed by atoms with Gasteiger partial charge in [0.15, 0.2) is 5.82 Å². The van der Waals surface area contributed by atoms with E-state index in [4.69, 9.17) is 9.72 Å². The molecule has 0 bridgehead atoms. The van der Waals surface area contributed by atoms with Crippen molar-refractivity contribution in [1.82, 2.24) is 14.7 Å². The lowest BCUT2D eigenvalue weighted by Gasteiger charge is -2.36. The van der Waals surface area contributed by atoms with Gasteiger partial charge in [0.1, 0.15) is 5.65 Å². The molecule has 0 saturated carbocycles. The maximum absolute atomic E-state index is 5.64. The van der Waals surface area contributed by atoms with Crippen LogP contribution >= 0.6 is 0 Å². The molecule has 0 radical (unpaired) electrons. The third kappa shape index (κ3) is 2.63. The largest absolute Gasteiger partial charge is 0.379 e. The van der Waals surface area contributed by atoms with Crippen LogP contribution in [0.25, 0.3) is 5.65 Å². The van der Waals surface area contributed by atoms with E-state index in [1.165, 1.54) is 5.69 Å². The molecule has 3 heterocycles. The zero-order valence-electron chi connectivity index (χ0n) is 13.0. The fraction of sp³-hybridized carbons (Fsp3) is 0.562. The van der Waals surface area contributed by atoms with Crippen LogP contribution in [-0.2, 0) is 11.3 Å². The van der Waals surface area contributed by atoms with Crippen molar-refractivity contribution < 1.29 is 4.74 Å². The van der Waals surface area contributed by atoms with E-state index in [-0.39, 0.29) is 6.10 Å². The third-order valence-electron chi connectivity index (χ3n) is 4.44. The van der Waals surface area contributed by atoms with Gasteiger partial charge in [0.2, 0.25) is 0 Å². The molecule has 0 amide bonds. The average molecular weight is 288 g/mol. The summed E-state index contributed by atoms with van der Waals surface area (Å²) in [6.45, 7) is 5.04.